The van der Waals surface area contributed by atoms with Crippen molar-refractivity contribution >= 4 is 11.9 Å². The number of nitrogens with one attached hydrogen (secondary N) is 1. The third-order valence-electron chi connectivity index (χ3n) is 4.06. The molecule has 25 heavy (non-hydrogen) atoms. The van der Waals surface area contributed by atoms with Crippen LogP contribution in [0.4, 0.5) is 5.69 Å². The predicted molar refractivity (Wildman–Crippen MR) is 98.9 cm³/mol. The van der Waals surface area contributed by atoms with E-state index < -0.39 is 0 Å². The Hall–Kier alpha value is -3.39. The highest BCUT2D eigenvalue weighted by Crippen LogP contribution is 2.19. The Bertz CT molecular complexity index is 1030. The summed E-state index contributed by atoms with van der Waals surface area (Å²) >= 11 is 0. The van der Waals surface area contributed by atoms with E-state index in [1.54, 1.807) is 30.5 Å². The van der Waals surface area contributed by atoms with Crippen LogP contribution >= 0.6 is 0 Å². The van der Waals surface area contributed by atoms with Crippen molar-refractivity contribution < 1.29 is 0 Å². The average molecular weight is 330 g/mol. The number of nitriles is 1. The van der Waals surface area contributed by atoms with Crippen LogP contribution in [0, 0.1) is 18.3 Å². The van der Waals surface area contributed by atoms with Gasteiger partial charge in [-0.2, -0.15) is 5.26 Å². The van der Waals surface area contributed by atoms with Crippen molar-refractivity contribution in [1.29, 1.82) is 5.26 Å². The third-order valence-corrected chi connectivity index (χ3v) is 4.06. The molecule has 3 rings (SSSR count). The van der Waals surface area contributed by atoms with Gasteiger partial charge < -0.3 is 0 Å². The molecule has 0 bridgehead atoms. The fourth-order valence-electron chi connectivity index (χ4n) is 2.68. The zero-order valence-corrected chi connectivity index (χ0v) is 14.2. The van der Waals surface area contributed by atoms with E-state index in [2.05, 4.69) is 23.1 Å². The van der Waals surface area contributed by atoms with Gasteiger partial charge in [0.25, 0.3) is 5.56 Å². The van der Waals surface area contributed by atoms with Crippen molar-refractivity contribution in [2.24, 2.45) is 4.99 Å². The molecule has 0 aliphatic heterocycles. The first-order chi connectivity index (χ1) is 12.1. The molecular formula is C20H18N4O. The van der Waals surface area contributed by atoms with Crippen molar-refractivity contribution in [2.45, 2.75) is 20.3 Å². The van der Waals surface area contributed by atoms with E-state index >= 15 is 0 Å². The van der Waals surface area contributed by atoms with Gasteiger partial charge in [0.05, 0.1) is 28.6 Å². The summed E-state index contributed by atoms with van der Waals surface area (Å²) in [6, 6.07) is 16.9. The van der Waals surface area contributed by atoms with Gasteiger partial charge in [-0.05, 0) is 43.2 Å². The summed E-state index contributed by atoms with van der Waals surface area (Å²) in [6.45, 7) is 3.91. The highest BCUT2D eigenvalue weighted by Gasteiger charge is 2.11. The second kappa shape index (κ2) is 7.02. The number of rotatable bonds is 4. The molecule has 0 unspecified atom stereocenters. The molecule has 5 heteroatoms. The molecule has 0 fully saturated rings. The van der Waals surface area contributed by atoms with Gasteiger partial charge in [0.15, 0.2) is 0 Å². The molecule has 0 aliphatic rings. The Morgan fingerprint density at radius 1 is 1.24 bits per heavy atom. The Labute approximate surface area is 145 Å². The molecular weight excluding hydrogens is 312 g/mol. The number of aromatic amines is 1. The quantitative estimate of drug-likeness (QED) is 0.741. The largest absolute Gasteiger partial charge is 0.295 e. The maximum absolute atomic E-state index is 12.7. The fraction of sp³-hybridized carbons (Fsp3) is 0.150. The lowest BCUT2D eigenvalue weighted by Gasteiger charge is -2.01. The Morgan fingerprint density at radius 3 is 2.80 bits per heavy atom. The van der Waals surface area contributed by atoms with Gasteiger partial charge in [-0.1, -0.05) is 31.2 Å². The van der Waals surface area contributed by atoms with Crippen molar-refractivity contribution in [2.75, 3.05) is 0 Å². The van der Waals surface area contributed by atoms with Crippen LogP contribution in [0.5, 0.6) is 0 Å². The molecule has 5 nitrogen and oxygen atoms in total. The predicted octanol–water partition coefficient (Wildman–Crippen LogP) is 3.66. The van der Waals surface area contributed by atoms with Crippen molar-refractivity contribution in [3.8, 4) is 11.8 Å². The van der Waals surface area contributed by atoms with Gasteiger partial charge in [-0.25, -0.2) is 4.68 Å². The molecule has 0 amide bonds. The Morgan fingerprint density at radius 2 is 2.04 bits per heavy atom. The SMILES string of the molecule is CCc1ccccc1N=Cc1c(C)[nH]n(-c2cccc(C#N)c2)c1=O. The van der Waals surface area contributed by atoms with E-state index in [0.29, 0.717) is 16.8 Å². The molecule has 1 N–H and O–H groups in total. The summed E-state index contributed by atoms with van der Waals surface area (Å²) in [5, 5.41) is 12.1. The minimum absolute atomic E-state index is 0.190. The first kappa shape index (κ1) is 16.5. The van der Waals surface area contributed by atoms with Crippen molar-refractivity contribution in [3.05, 3.63) is 81.3 Å². The number of benzene rings is 2. The topological polar surface area (TPSA) is 73.9 Å². The highest BCUT2D eigenvalue weighted by atomic mass is 16.1. The van der Waals surface area contributed by atoms with Gasteiger partial charge >= 0.3 is 0 Å². The fourth-order valence-corrected chi connectivity index (χ4v) is 2.68. The van der Waals surface area contributed by atoms with E-state index in [1.165, 1.54) is 4.68 Å². The van der Waals surface area contributed by atoms with Crippen molar-refractivity contribution in [1.82, 2.24) is 9.78 Å². The Balaban J connectivity index is 2.02. The first-order valence-electron chi connectivity index (χ1n) is 8.08. The molecule has 0 atom stereocenters. The summed E-state index contributed by atoms with van der Waals surface area (Å²) in [5.74, 6) is 0. The molecule has 2 aromatic carbocycles. The minimum Gasteiger partial charge on any atom is -0.295 e. The number of nitrogens with zero attached hydrogens (tertiary/aromatic N) is 3. The molecule has 1 heterocycles. The lowest BCUT2D eigenvalue weighted by molar-refractivity contribution is 0.835. The molecule has 3 aromatic rings. The van der Waals surface area contributed by atoms with E-state index in [0.717, 1.165) is 23.4 Å². The lowest BCUT2D eigenvalue weighted by Crippen LogP contribution is -2.17. The van der Waals surface area contributed by atoms with Crippen molar-refractivity contribution in [3.63, 3.8) is 0 Å². The van der Waals surface area contributed by atoms with Crippen LogP contribution in [0.15, 0.2) is 58.3 Å². The van der Waals surface area contributed by atoms with Gasteiger partial charge in [-0.15, -0.1) is 0 Å². The normalized spacial score (nSPS) is 10.9. The van der Waals surface area contributed by atoms with E-state index in [4.69, 9.17) is 5.26 Å². The van der Waals surface area contributed by atoms with E-state index in [-0.39, 0.29) is 5.56 Å². The maximum Gasteiger partial charge on any atom is 0.280 e. The molecule has 0 aliphatic carbocycles. The van der Waals surface area contributed by atoms with Crippen LogP contribution in [0.25, 0.3) is 5.69 Å². The van der Waals surface area contributed by atoms with Crippen LogP contribution in [0.3, 0.4) is 0 Å². The number of aliphatic imine (C=N–C) groups is 1. The van der Waals surface area contributed by atoms with Crippen LogP contribution in [0.1, 0.15) is 29.3 Å². The number of aromatic nitrogens is 2. The summed E-state index contributed by atoms with van der Waals surface area (Å²) in [6.07, 6.45) is 2.48. The summed E-state index contributed by atoms with van der Waals surface area (Å²) in [7, 11) is 0. The number of aryl methyl sites for hydroxylation is 2. The Kier molecular flexibility index (Phi) is 4.62. The molecule has 0 radical (unpaired) electrons. The summed E-state index contributed by atoms with van der Waals surface area (Å²) < 4.78 is 1.43. The maximum atomic E-state index is 12.7. The average Bonchev–Trinajstić information content (AvgIpc) is 2.94. The number of para-hydroxylation sites is 1. The standard InChI is InChI=1S/C20H18N4O/c1-3-16-8-4-5-10-19(16)22-13-18-14(2)23-24(20(18)25)17-9-6-7-15(11-17)12-21/h4-11,13,23H,3H2,1-2H3. The second-order valence-corrected chi connectivity index (χ2v) is 5.69. The molecule has 0 saturated carbocycles. The zero-order valence-electron chi connectivity index (χ0n) is 14.2. The molecule has 124 valence electrons. The molecule has 1 aromatic heterocycles. The van der Waals surface area contributed by atoms with Gasteiger partial charge in [-0.3, -0.25) is 14.9 Å². The van der Waals surface area contributed by atoms with Crippen LogP contribution in [-0.4, -0.2) is 16.0 Å². The van der Waals surface area contributed by atoms with Crippen LogP contribution in [0.2, 0.25) is 0 Å². The van der Waals surface area contributed by atoms with Crippen LogP contribution < -0.4 is 5.56 Å². The van der Waals surface area contributed by atoms with Crippen LogP contribution in [-0.2, 0) is 6.42 Å². The van der Waals surface area contributed by atoms with Gasteiger partial charge in [0, 0.05) is 11.9 Å². The van der Waals surface area contributed by atoms with E-state index in [1.807, 2.05) is 31.2 Å². The minimum atomic E-state index is -0.190. The first-order valence-corrected chi connectivity index (χ1v) is 8.08. The lowest BCUT2D eigenvalue weighted by atomic mass is 10.1. The highest BCUT2D eigenvalue weighted by molar-refractivity contribution is 5.83. The van der Waals surface area contributed by atoms with Gasteiger partial charge in [0.1, 0.15) is 0 Å². The second-order valence-electron chi connectivity index (χ2n) is 5.69. The molecule has 0 spiro atoms. The molecule has 0 saturated heterocycles. The number of hydrogen-bond donors (Lipinski definition) is 1. The summed E-state index contributed by atoms with van der Waals surface area (Å²) in [5.41, 5.74) is 4.17. The van der Waals surface area contributed by atoms with Gasteiger partial charge in [0.2, 0.25) is 0 Å². The number of H-pyrrole nitrogens is 1. The third kappa shape index (κ3) is 3.29. The van der Waals surface area contributed by atoms with E-state index in [9.17, 15) is 4.79 Å². The monoisotopic (exact) mass is 330 g/mol. The zero-order chi connectivity index (χ0) is 17.8. The number of hydrogen-bond acceptors (Lipinski definition) is 3. The summed E-state index contributed by atoms with van der Waals surface area (Å²) in [4.78, 5) is 17.2. The smallest absolute Gasteiger partial charge is 0.280 e.